The van der Waals surface area contributed by atoms with Crippen molar-refractivity contribution in [3.63, 3.8) is 0 Å². The molecule has 1 amide bonds. The zero-order valence-electron chi connectivity index (χ0n) is 13.5. The van der Waals surface area contributed by atoms with Crippen molar-refractivity contribution < 1.29 is 4.79 Å². The van der Waals surface area contributed by atoms with Gasteiger partial charge in [0.25, 0.3) is 5.91 Å². The number of hydrogen-bond acceptors (Lipinski definition) is 3. The molecule has 1 aliphatic carbocycles. The monoisotopic (exact) mass is 312 g/mol. The predicted octanol–water partition coefficient (Wildman–Crippen LogP) is 2.65. The van der Waals surface area contributed by atoms with Gasteiger partial charge in [-0.1, -0.05) is 19.3 Å². The lowest BCUT2D eigenvalue weighted by molar-refractivity contribution is 0.0523. The molecule has 1 aliphatic heterocycles. The Balaban J connectivity index is 1.40. The van der Waals surface area contributed by atoms with E-state index in [1.807, 2.05) is 23.1 Å². The summed E-state index contributed by atoms with van der Waals surface area (Å²) in [6.07, 6.45) is 8.48. The molecule has 2 fully saturated rings. The Kier molecular flexibility index (Phi) is 4.04. The van der Waals surface area contributed by atoms with Gasteiger partial charge in [-0.2, -0.15) is 0 Å². The number of carbonyl (C=O) groups excluding carboxylic acids is 1. The average molecular weight is 312 g/mol. The maximum atomic E-state index is 12.7. The number of imidazole rings is 1. The molecule has 122 valence electrons. The highest BCUT2D eigenvalue weighted by Gasteiger charge is 2.27. The number of nitrogens with one attached hydrogen (secondary N) is 1. The van der Waals surface area contributed by atoms with Gasteiger partial charge in [-0.3, -0.25) is 9.69 Å². The molecular formula is C18H24N4O. The van der Waals surface area contributed by atoms with E-state index in [0.717, 1.165) is 48.8 Å². The highest BCUT2D eigenvalue weighted by molar-refractivity contribution is 5.97. The van der Waals surface area contributed by atoms with Crippen molar-refractivity contribution >= 4 is 16.9 Å². The number of fused-ring (bicyclic) bond motifs is 1. The number of amides is 1. The fraction of sp³-hybridized carbons (Fsp3) is 0.556. The first-order valence-corrected chi connectivity index (χ1v) is 8.78. The van der Waals surface area contributed by atoms with Crippen LogP contribution in [0.15, 0.2) is 24.5 Å². The van der Waals surface area contributed by atoms with Crippen molar-refractivity contribution in [2.45, 2.75) is 38.1 Å². The average Bonchev–Trinajstić information content (AvgIpc) is 3.10. The quantitative estimate of drug-likeness (QED) is 0.927. The summed E-state index contributed by atoms with van der Waals surface area (Å²) < 4.78 is 0. The van der Waals surface area contributed by atoms with Crippen molar-refractivity contribution in [3.8, 4) is 0 Å². The molecule has 4 rings (SSSR count). The lowest BCUT2D eigenvalue weighted by atomic mass is 9.94. The Bertz CT molecular complexity index is 681. The van der Waals surface area contributed by atoms with Crippen LogP contribution in [0.3, 0.4) is 0 Å². The topological polar surface area (TPSA) is 52.2 Å². The second-order valence-corrected chi connectivity index (χ2v) is 6.75. The van der Waals surface area contributed by atoms with Gasteiger partial charge in [0.2, 0.25) is 0 Å². The molecule has 1 N–H and O–H groups in total. The lowest BCUT2D eigenvalue weighted by Crippen LogP contribution is -2.52. The fourth-order valence-electron chi connectivity index (χ4n) is 3.99. The van der Waals surface area contributed by atoms with Crippen LogP contribution in [-0.4, -0.2) is 57.9 Å². The van der Waals surface area contributed by atoms with Crippen LogP contribution < -0.4 is 0 Å². The first-order valence-electron chi connectivity index (χ1n) is 8.78. The van der Waals surface area contributed by atoms with Crippen LogP contribution in [0.25, 0.3) is 11.0 Å². The molecule has 0 spiro atoms. The van der Waals surface area contributed by atoms with Crippen LogP contribution in [0.1, 0.15) is 42.5 Å². The number of hydrogen-bond donors (Lipinski definition) is 1. The van der Waals surface area contributed by atoms with E-state index in [4.69, 9.17) is 0 Å². The summed E-state index contributed by atoms with van der Waals surface area (Å²) in [4.78, 5) is 24.6. The summed E-state index contributed by atoms with van der Waals surface area (Å²) in [5.41, 5.74) is 2.59. The first kappa shape index (κ1) is 14.7. The van der Waals surface area contributed by atoms with Gasteiger partial charge in [0.1, 0.15) is 0 Å². The van der Waals surface area contributed by atoms with Gasteiger partial charge in [0.15, 0.2) is 0 Å². The van der Waals surface area contributed by atoms with Crippen molar-refractivity contribution in [2.24, 2.45) is 0 Å². The summed E-state index contributed by atoms with van der Waals surface area (Å²) in [7, 11) is 0. The minimum atomic E-state index is 0.143. The van der Waals surface area contributed by atoms with E-state index < -0.39 is 0 Å². The van der Waals surface area contributed by atoms with E-state index in [9.17, 15) is 4.79 Å². The van der Waals surface area contributed by atoms with Crippen LogP contribution in [0.4, 0.5) is 0 Å². The minimum absolute atomic E-state index is 0.143. The summed E-state index contributed by atoms with van der Waals surface area (Å²) in [5, 5.41) is 0. The smallest absolute Gasteiger partial charge is 0.254 e. The van der Waals surface area contributed by atoms with Gasteiger partial charge < -0.3 is 9.88 Å². The molecule has 2 heterocycles. The van der Waals surface area contributed by atoms with Crippen LogP contribution in [0.2, 0.25) is 0 Å². The van der Waals surface area contributed by atoms with E-state index in [-0.39, 0.29) is 5.91 Å². The van der Waals surface area contributed by atoms with E-state index >= 15 is 0 Å². The maximum absolute atomic E-state index is 12.7. The van der Waals surface area contributed by atoms with Crippen molar-refractivity contribution in [1.82, 2.24) is 19.8 Å². The standard InChI is InChI=1S/C18H24N4O/c23-18(14-6-7-16-17(12-14)20-13-19-16)22-10-8-21(9-11-22)15-4-2-1-3-5-15/h6-7,12-13,15H,1-5,8-11H2,(H,19,20). The Morgan fingerprint density at radius 2 is 1.87 bits per heavy atom. The van der Waals surface area contributed by atoms with E-state index in [2.05, 4.69) is 14.9 Å². The molecule has 2 aromatic rings. The highest BCUT2D eigenvalue weighted by atomic mass is 16.2. The maximum Gasteiger partial charge on any atom is 0.254 e. The number of benzene rings is 1. The number of aromatic nitrogens is 2. The van der Waals surface area contributed by atoms with Crippen LogP contribution in [-0.2, 0) is 0 Å². The van der Waals surface area contributed by atoms with Crippen LogP contribution in [0.5, 0.6) is 0 Å². The summed E-state index contributed by atoms with van der Waals surface area (Å²) in [5.74, 6) is 0.143. The number of carbonyl (C=O) groups is 1. The molecule has 0 unspecified atom stereocenters. The van der Waals surface area contributed by atoms with E-state index in [1.165, 1.54) is 32.1 Å². The van der Waals surface area contributed by atoms with Gasteiger partial charge in [-0.15, -0.1) is 0 Å². The molecule has 1 aromatic carbocycles. The number of piperazine rings is 1. The molecule has 0 radical (unpaired) electrons. The summed E-state index contributed by atoms with van der Waals surface area (Å²) in [6, 6.07) is 6.47. The lowest BCUT2D eigenvalue weighted by Gasteiger charge is -2.40. The van der Waals surface area contributed by atoms with E-state index in [0.29, 0.717) is 0 Å². The zero-order valence-corrected chi connectivity index (χ0v) is 13.5. The number of nitrogens with zero attached hydrogens (tertiary/aromatic N) is 3. The van der Waals surface area contributed by atoms with Crippen molar-refractivity contribution in [2.75, 3.05) is 26.2 Å². The molecular weight excluding hydrogens is 288 g/mol. The molecule has 1 saturated heterocycles. The van der Waals surface area contributed by atoms with Crippen molar-refractivity contribution in [1.29, 1.82) is 0 Å². The Morgan fingerprint density at radius 3 is 2.65 bits per heavy atom. The Morgan fingerprint density at radius 1 is 1.09 bits per heavy atom. The Labute approximate surface area is 136 Å². The summed E-state index contributed by atoms with van der Waals surface area (Å²) >= 11 is 0. The third-order valence-electron chi connectivity index (χ3n) is 5.36. The molecule has 2 aliphatic rings. The van der Waals surface area contributed by atoms with Gasteiger partial charge in [-0.25, -0.2) is 4.98 Å². The molecule has 5 heteroatoms. The number of aromatic amines is 1. The third-order valence-corrected chi connectivity index (χ3v) is 5.36. The van der Waals surface area contributed by atoms with Crippen LogP contribution >= 0.6 is 0 Å². The van der Waals surface area contributed by atoms with Crippen LogP contribution in [0, 0.1) is 0 Å². The molecule has 5 nitrogen and oxygen atoms in total. The van der Waals surface area contributed by atoms with E-state index in [1.54, 1.807) is 6.33 Å². The van der Waals surface area contributed by atoms with Gasteiger partial charge >= 0.3 is 0 Å². The Hall–Kier alpha value is -1.88. The zero-order chi connectivity index (χ0) is 15.6. The van der Waals surface area contributed by atoms with Gasteiger partial charge in [0.05, 0.1) is 17.4 Å². The minimum Gasteiger partial charge on any atom is -0.345 e. The molecule has 1 saturated carbocycles. The highest BCUT2D eigenvalue weighted by Crippen LogP contribution is 2.24. The largest absolute Gasteiger partial charge is 0.345 e. The van der Waals surface area contributed by atoms with Gasteiger partial charge in [0, 0.05) is 37.8 Å². The molecule has 0 atom stereocenters. The third kappa shape index (κ3) is 2.98. The molecule has 23 heavy (non-hydrogen) atoms. The number of H-pyrrole nitrogens is 1. The normalized spacial score (nSPS) is 21.0. The van der Waals surface area contributed by atoms with Gasteiger partial charge in [-0.05, 0) is 31.0 Å². The fourth-order valence-corrected chi connectivity index (χ4v) is 3.99. The summed E-state index contributed by atoms with van der Waals surface area (Å²) in [6.45, 7) is 3.72. The van der Waals surface area contributed by atoms with Crippen molar-refractivity contribution in [3.05, 3.63) is 30.1 Å². The SMILES string of the molecule is O=C(c1ccc2nc[nH]c2c1)N1CCN(C2CCCCC2)CC1. The second-order valence-electron chi connectivity index (χ2n) is 6.75. The second kappa shape index (κ2) is 6.32. The first-order chi connectivity index (χ1) is 11.3. The molecule has 1 aromatic heterocycles. The number of rotatable bonds is 2. The molecule has 0 bridgehead atoms. The predicted molar refractivity (Wildman–Crippen MR) is 90.4 cm³/mol.